The van der Waals surface area contributed by atoms with Crippen molar-refractivity contribution in [2.75, 3.05) is 0 Å². The lowest BCUT2D eigenvalue weighted by Crippen LogP contribution is -2.43. The molecule has 0 spiro atoms. The number of benzene rings is 1. The molecule has 0 aliphatic rings. The van der Waals surface area contributed by atoms with Crippen molar-refractivity contribution in [3.05, 3.63) is 30.3 Å². The van der Waals surface area contributed by atoms with Crippen LogP contribution >= 0.6 is 0 Å². The van der Waals surface area contributed by atoms with E-state index in [-0.39, 0.29) is 0 Å². The SMILES string of the molecule is CC(C)[Si](C)(C)C.CC(C)[Si](C)(C)c1ccccc1.CC[Si](CC)(CC)C(C)(C)C. The average molecular weight is 467 g/mol. The van der Waals surface area contributed by atoms with Crippen LogP contribution in [0.25, 0.3) is 0 Å². The molecule has 0 fully saturated rings. The number of hydrogen-bond acceptors (Lipinski definition) is 0. The Morgan fingerprint density at radius 2 is 1.00 bits per heavy atom. The monoisotopic (exact) mass is 466 g/mol. The number of rotatable bonds is 6. The van der Waals surface area contributed by atoms with E-state index in [0.29, 0.717) is 5.04 Å². The standard InChI is InChI=1S/C11H18Si.C10H24Si.C6H16Si/c1-10(2)12(3,4)11-8-6-5-7-9-11;1-7-11(8-2,9-3)10(4,5)6;1-6(2)7(3,4)5/h5-10H,1-4H3;7-9H2,1-6H3;6H,1-5H3. The molecule has 0 saturated carbocycles. The lowest BCUT2D eigenvalue weighted by Gasteiger charge is -2.41. The molecular formula is C27H58Si3. The number of hydrogen-bond donors (Lipinski definition) is 0. The molecule has 1 aromatic carbocycles. The highest BCUT2D eigenvalue weighted by atomic mass is 28.3. The van der Waals surface area contributed by atoms with Crippen LogP contribution in [0.15, 0.2) is 30.3 Å². The Hall–Kier alpha value is -0.129. The van der Waals surface area contributed by atoms with Gasteiger partial charge in [0.25, 0.3) is 0 Å². The predicted octanol–water partition coefficient (Wildman–Crippen LogP) is 10.0. The zero-order valence-corrected chi connectivity index (χ0v) is 26.7. The summed E-state index contributed by atoms with van der Waals surface area (Å²) in [6, 6.07) is 15.3. The fourth-order valence-electron chi connectivity index (χ4n) is 3.54. The molecule has 0 aliphatic carbocycles. The van der Waals surface area contributed by atoms with E-state index < -0.39 is 24.2 Å². The van der Waals surface area contributed by atoms with Gasteiger partial charge >= 0.3 is 0 Å². The van der Waals surface area contributed by atoms with Crippen molar-refractivity contribution >= 4 is 29.4 Å². The van der Waals surface area contributed by atoms with Crippen LogP contribution in [0.5, 0.6) is 0 Å². The Labute approximate surface area is 195 Å². The van der Waals surface area contributed by atoms with Gasteiger partial charge in [-0.1, -0.05) is 161 Å². The summed E-state index contributed by atoms with van der Waals surface area (Å²) in [4.78, 5) is 0. The Bertz CT molecular complexity index is 533. The predicted molar refractivity (Wildman–Crippen MR) is 154 cm³/mol. The van der Waals surface area contributed by atoms with Crippen LogP contribution in [-0.2, 0) is 0 Å². The van der Waals surface area contributed by atoms with Gasteiger partial charge in [-0.2, -0.15) is 0 Å². The maximum Gasteiger partial charge on any atom is 0.0831 e. The van der Waals surface area contributed by atoms with E-state index in [9.17, 15) is 0 Å². The van der Waals surface area contributed by atoms with Gasteiger partial charge in [0, 0.05) is 8.07 Å². The maximum atomic E-state index is 2.44. The molecule has 0 aromatic heterocycles. The van der Waals surface area contributed by atoms with Gasteiger partial charge in [0.05, 0.1) is 16.1 Å². The molecule has 0 atom stereocenters. The molecule has 1 rings (SSSR count). The van der Waals surface area contributed by atoms with Crippen LogP contribution in [0.4, 0.5) is 0 Å². The summed E-state index contributed by atoms with van der Waals surface area (Å²) in [5, 5.41) is 2.17. The van der Waals surface area contributed by atoms with E-state index in [1.807, 2.05) is 0 Å². The second kappa shape index (κ2) is 13.4. The molecule has 30 heavy (non-hydrogen) atoms. The Balaban J connectivity index is 0. The van der Waals surface area contributed by atoms with Crippen molar-refractivity contribution in [1.82, 2.24) is 0 Å². The maximum absolute atomic E-state index is 2.44. The smallest absolute Gasteiger partial charge is 0.0694 e. The van der Waals surface area contributed by atoms with Crippen molar-refractivity contribution in [2.24, 2.45) is 0 Å². The molecule has 3 heteroatoms. The van der Waals surface area contributed by atoms with Gasteiger partial charge < -0.3 is 0 Å². The fraction of sp³-hybridized carbons (Fsp3) is 0.778. The first-order chi connectivity index (χ1) is 13.4. The van der Waals surface area contributed by atoms with Gasteiger partial charge in [0.2, 0.25) is 0 Å². The summed E-state index contributed by atoms with van der Waals surface area (Å²) in [5.74, 6) is 0. The summed E-state index contributed by atoms with van der Waals surface area (Å²) >= 11 is 0. The zero-order chi connectivity index (χ0) is 24.4. The van der Waals surface area contributed by atoms with Crippen molar-refractivity contribution in [3.63, 3.8) is 0 Å². The minimum atomic E-state index is -1.16. The third-order valence-corrected chi connectivity index (χ3v) is 23.7. The Morgan fingerprint density at radius 3 is 1.17 bits per heavy atom. The molecule has 0 heterocycles. The summed E-state index contributed by atoms with van der Waals surface area (Å²) in [5.41, 5.74) is 1.76. The first-order valence-electron chi connectivity index (χ1n) is 12.5. The van der Waals surface area contributed by atoms with E-state index in [4.69, 9.17) is 0 Å². The molecule has 0 bridgehead atoms. The molecule has 178 valence electrons. The molecule has 0 nitrogen and oxygen atoms in total. The highest BCUT2D eigenvalue weighted by molar-refractivity contribution is 6.90. The van der Waals surface area contributed by atoms with Crippen molar-refractivity contribution in [2.45, 2.75) is 136 Å². The first-order valence-corrected chi connectivity index (χ1v) is 21.8. The van der Waals surface area contributed by atoms with E-state index >= 15 is 0 Å². The van der Waals surface area contributed by atoms with Crippen LogP contribution in [0.1, 0.15) is 69.2 Å². The second-order valence-corrected chi connectivity index (χ2v) is 29.6. The van der Waals surface area contributed by atoms with Crippen molar-refractivity contribution < 1.29 is 0 Å². The first kappa shape index (κ1) is 32.1. The van der Waals surface area contributed by atoms with Gasteiger partial charge in [-0.15, -0.1) is 0 Å². The highest BCUT2D eigenvalue weighted by Gasteiger charge is 2.38. The molecule has 0 saturated heterocycles. The van der Waals surface area contributed by atoms with Crippen molar-refractivity contribution in [1.29, 1.82) is 0 Å². The summed E-state index contributed by atoms with van der Waals surface area (Å²) in [6.07, 6.45) is 0. The van der Waals surface area contributed by atoms with Crippen LogP contribution in [0.3, 0.4) is 0 Å². The van der Waals surface area contributed by atoms with Gasteiger partial charge in [-0.25, -0.2) is 0 Å². The van der Waals surface area contributed by atoms with Crippen LogP contribution in [0, 0.1) is 0 Å². The minimum absolute atomic E-state index is 0.602. The lowest BCUT2D eigenvalue weighted by atomic mass is 10.2. The fourth-order valence-corrected chi connectivity index (χ4v) is 9.94. The Kier molecular flexibility index (Phi) is 14.3. The molecule has 0 amide bonds. The normalized spacial score (nSPS) is 12.8. The molecule has 0 N–H and O–H groups in total. The molecule has 1 aromatic rings. The Morgan fingerprint density at radius 1 is 0.667 bits per heavy atom. The molecule has 0 aliphatic heterocycles. The summed E-state index contributed by atoms with van der Waals surface area (Å²) in [7, 11) is -2.81. The second-order valence-electron chi connectivity index (χ2n) is 12.4. The van der Waals surface area contributed by atoms with Gasteiger partial charge in [-0.05, 0) is 10.6 Å². The summed E-state index contributed by atoms with van der Waals surface area (Å²) < 4.78 is 0. The van der Waals surface area contributed by atoms with E-state index in [1.165, 1.54) is 18.1 Å². The van der Waals surface area contributed by atoms with Gasteiger partial charge in [0.15, 0.2) is 0 Å². The lowest BCUT2D eigenvalue weighted by molar-refractivity contribution is 0.698. The largest absolute Gasteiger partial charge is 0.0831 e. The molecule has 0 unspecified atom stereocenters. The van der Waals surface area contributed by atoms with Crippen molar-refractivity contribution in [3.8, 4) is 0 Å². The zero-order valence-electron chi connectivity index (χ0n) is 23.7. The third kappa shape index (κ3) is 10.5. The van der Waals surface area contributed by atoms with E-state index in [0.717, 1.165) is 11.1 Å². The minimum Gasteiger partial charge on any atom is -0.0694 e. The topological polar surface area (TPSA) is 0 Å². The summed E-state index contributed by atoms with van der Waals surface area (Å²) in [6.45, 7) is 35.8. The average Bonchev–Trinajstić information content (AvgIpc) is 2.63. The van der Waals surface area contributed by atoms with Crippen LogP contribution in [0.2, 0.25) is 67.0 Å². The van der Waals surface area contributed by atoms with Crippen LogP contribution < -0.4 is 5.19 Å². The highest BCUT2D eigenvalue weighted by Crippen LogP contribution is 2.43. The van der Waals surface area contributed by atoms with E-state index in [1.54, 1.807) is 5.19 Å². The van der Waals surface area contributed by atoms with Crippen LogP contribution in [-0.4, -0.2) is 24.2 Å². The van der Waals surface area contributed by atoms with Gasteiger partial charge in [0.1, 0.15) is 0 Å². The molecule has 0 radical (unpaired) electrons. The van der Waals surface area contributed by atoms with Gasteiger partial charge in [-0.3, -0.25) is 0 Å². The molecular weight excluding hydrogens is 409 g/mol. The quantitative estimate of drug-likeness (QED) is 0.366. The van der Waals surface area contributed by atoms with E-state index in [2.05, 4.69) is 132 Å². The third-order valence-electron chi connectivity index (χ3n) is 8.31.